The van der Waals surface area contributed by atoms with Crippen LogP contribution in [0.4, 0.5) is 0 Å². The number of carboxylic acids is 2. The number of amides is 4. The number of nitrogens with one attached hydrogen (secondary N) is 3. The van der Waals surface area contributed by atoms with E-state index in [0.29, 0.717) is 5.75 Å². The van der Waals surface area contributed by atoms with Crippen LogP contribution in [0, 0.1) is 0 Å². The van der Waals surface area contributed by atoms with Crippen molar-refractivity contribution in [3.05, 3.63) is 0 Å². The lowest BCUT2D eigenvalue weighted by Crippen LogP contribution is -2.58. The van der Waals surface area contributed by atoms with Crippen molar-refractivity contribution in [3.63, 3.8) is 0 Å². The van der Waals surface area contributed by atoms with Gasteiger partial charge in [0.25, 0.3) is 0 Å². The largest absolute Gasteiger partial charge is 0.481 e. The lowest BCUT2D eigenvalue weighted by molar-refractivity contribution is -0.143. The molecule has 0 aromatic rings. The van der Waals surface area contributed by atoms with Crippen molar-refractivity contribution in [1.29, 1.82) is 0 Å². The zero-order valence-corrected chi connectivity index (χ0v) is 19.1. The van der Waals surface area contributed by atoms with E-state index in [1.165, 1.54) is 11.8 Å². The van der Waals surface area contributed by atoms with E-state index in [1.54, 1.807) is 6.26 Å². The summed E-state index contributed by atoms with van der Waals surface area (Å²) in [6.45, 7) is 0. The molecule has 0 aliphatic rings. The standard InChI is InChI=1S/C17H29N5O8S2/c1-32-5-4-10(17(29)30)21-15(27)9(2-3-13(24)25)20-16(28)11(7-31)22-14(26)8(18)6-12(19)23/h8-11,31H,2-7,18H2,1H3,(H2,19,23)(H,20,28)(H,21,27)(H,22,26)(H,24,25)(H,29,30). The van der Waals surface area contributed by atoms with Crippen LogP contribution in [-0.4, -0.2) is 87.7 Å². The van der Waals surface area contributed by atoms with E-state index in [-0.39, 0.29) is 18.6 Å². The molecule has 0 saturated heterocycles. The Labute approximate surface area is 194 Å². The number of nitrogens with two attached hydrogens (primary N) is 2. The minimum Gasteiger partial charge on any atom is -0.481 e. The number of carbonyl (C=O) groups excluding carboxylic acids is 4. The molecule has 0 rings (SSSR count). The molecule has 0 heterocycles. The normalized spacial score (nSPS) is 14.3. The van der Waals surface area contributed by atoms with Gasteiger partial charge in [0.15, 0.2) is 0 Å². The SMILES string of the molecule is CSCCC(NC(=O)C(CCC(=O)O)NC(=O)C(CS)NC(=O)C(N)CC(N)=O)C(=O)O. The summed E-state index contributed by atoms with van der Waals surface area (Å²) in [6.07, 6.45) is 0.619. The highest BCUT2D eigenvalue weighted by atomic mass is 32.2. The van der Waals surface area contributed by atoms with Gasteiger partial charge in [-0.05, 0) is 24.9 Å². The molecule has 0 saturated carbocycles. The fourth-order valence-electron chi connectivity index (χ4n) is 2.36. The van der Waals surface area contributed by atoms with Crippen molar-refractivity contribution in [3.8, 4) is 0 Å². The summed E-state index contributed by atoms with van der Waals surface area (Å²) in [5.41, 5.74) is 10.5. The number of aliphatic carboxylic acids is 2. The number of thiol groups is 1. The summed E-state index contributed by atoms with van der Waals surface area (Å²) < 4.78 is 0. The van der Waals surface area contributed by atoms with Gasteiger partial charge >= 0.3 is 11.9 Å². The number of carboxylic acid groups (broad SMARTS) is 2. The topological polar surface area (TPSA) is 231 Å². The third-order valence-corrected chi connectivity index (χ3v) is 5.09. The number of thioether (sulfide) groups is 1. The van der Waals surface area contributed by atoms with Crippen LogP contribution in [0.2, 0.25) is 0 Å². The Morgan fingerprint density at radius 2 is 1.44 bits per heavy atom. The molecule has 15 heteroatoms. The Morgan fingerprint density at radius 1 is 0.906 bits per heavy atom. The monoisotopic (exact) mass is 495 g/mol. The molecule has 0 aromatic heterocycles. The van der Waals surface area contributed by atoms with Crippen LogP contribution in [0.15, 0.2) is 0 Å². The van der Waals surface area contributed by atoms with Gasteiger partial charge in [0.2, 0.25) is 23.6 Å². The Hall–Kier alpha value is -2.52. The molecule has 0 bridgehead atoms. The van der Waals surface area contributed by atoms with Gasteiger partial charge in [-0.2, -0.15) is 24.4 Å². The smallest absolute Gasteiger partial charge is 0.326 e. The van der Waals surface area contributed by atoms with Crippen LogP contribution >= 0.6 is 24.4 Å². The lowest BCUT2D eigenvalue weighted by atomic mass is 10.1. The van der Waals surface area contributed by atoms with Crippen molar-refractivity contribution in [1.82, 2.24) is 16.0 Å². The van der Waals surface area contributed by atoms with Gasteiger partial charge in [-0.25, -0.2) is 4.79 Å². The second-order valence-corrected chi connectivity index (χ2v) is 8.05. The van der Waals surface area contributed by atoms with Crippen LogP contribution in [-0.2, 0) is 28.8 Å². The molecule has 0 spiro atoms. The Morgan fingerprint density at radius 3 is 1.91 bits per heavy atom. The minimum absolute atomic E-state index is 0.120. The Balaban J connectivity index is 5.30. The third kappa shape index (κ3) is 11.8. The first-order chi connectivity index (χ1) is 14.9. The Kier molecular flexibility index (Phi) is 14.1. The summed E-state index contributed by atoms with van der Waals surface area (Å²) >= 11 is 5.34. The zero-order chi connectivity index (χ0) is 24.8. The maximum Gasteiger partial charge on any atom is 0.326 e. The first kappa shape index (κ1) is 29.5. The Bertz CT molecular complexity index is 708. The van der Waals surface area contributed by atoms with Gasteiger partial charge < -0.3 is 37.6 Å². The van der Waals surface area contributed by atoms with Crippen LogP contribution in [0.5, 0.6) is 0 Å². The highest BCUT2D eigenvalue weighted by molar-refractivity contribution is 7.98. The van der Waals surface area contributed by atoms with Gasteiger partial charge in [0.05, 0.1) is 12.5 Å². The van der Waals surface area contributed by atoms with Gasteiger partial charge in [0, 0.05) is 12.2 Å². The predicted octanol–water partition coefficient (Wildman–Crippen LogP) is -2.72. The quantitative estimate of drug-likeness (QED) is 0.103. The van der Waals surface area contributed by atoms with Gasteiger partial charge in [-0.1, -0.05) is 0 Å². The molecule has 4 atom stereocenters. The van der Waals surface area contributed by atoms with Crippen molar-refractivity contribution >= 4 is 60.0 Å². The van der Waals surface area contributed by atoms with Crippen LogP contribution in [0.25, 0.3) is 0 Å². The van der Waals surface area contributed by atoms with E-state index in [0.717, 1.165) is 0 Å². The van der Waals surface area contributed by atoms with Crippen LogP contribution < -0.4 is 27.4 Å². The molecular weight excluding hydrogens is 466 g/mol. The molecule has 0 aliphatic heterocycles. The second-order valence-electron chi connectivity index (χ2n) is 6.70. The molecule has 0 aliphatic carbocycles. The van der Waals surface area contributed by atoms with E-state index in [2.05, 4.69) is 28.6 Å². The molecule has 4 unspecified atom stereocenters. The van der Waals surface area contributed by atoms with Gasteiger partial charge in [-0.3, -0.25) is 24.0 Å². The van der Waals surface area contributed by atoms with Crippen LogP contribution in [0.3, 0.4) is 0 Å². The maximum absolute atomic E-state index is 12.6. The van der Waals surface area contributed by atoms with Crippen molar-refractivity contribution < 1.29 is 39.0 Å². The lowest BCUT2D eigenvalue weighted by Gasteiger charge is -2.24. The molecule has 4 amide bonds. The van der Waals surface area contributed by atoms with Gasteiger partial charge in [-0.15, -0.1) is 0 Å². The zero-order valence-electron chi connectivity index (χ0n) is 17.4. The van der Waals surface area contributed by atoms with E-state index in [9.17, 15) is 33.9 Å². The molecular formula is C17H29N5O8S2. The average Bonchev–Trinajstić information content (AvgIpc) is 2.70. The van der Waals surface area contributed by atoms with Crippen molar-refractivity contribution in [2.75, 3.05) is 17.8 Å². The summed E-state index contributed by atoms with van der Waals surface area (Å²) in [6, 6.07) is -5.18. The second kappa shape index (κ2) is 15.3. The third-order valence-electron chi connectivity index (χ3n) is 4.08. The summed E-state index contributed by atoms with van der Waals surface area (Å²) in [5.74, 6) is -5.70. The average molecular weight is 496 g/mol. The number of carbonyl (C=O) groups is 6. The fourth-order valence-corrected chi connectivity index (χ4v) is 3.09. The van der Waals surface area contributed by atoms with E-state index in [4.69, 9.17) is 16.6 Å². The van der Waals surface area contributed by atoms with Gasteiger partial charge in [0.1, 0.15) is 18.1 Å². The highest BCUT2D eigenvalue weighted by Crippen LogP contribution is 2.05. The number of primary amides is 1. The van der Waals surface area contributed by atoms with Crippen LogP contribution in [0.1, 0.15) is 25.7 Å². The molecule has 182 valence electrons. The highest BCUT2D eigenvalue weighted by Gasteiger charge is 2.30. The maximum atomic E-state index is 12.6. The van der Waals surface area contributed by atoms with Crippen molar-refractivity contribution in [2.24, 2.45) is 11.5 Å². The first-order valence-electron chi connectivity index (χ1n) is 9.42. The molecule has 13 nitrogen and oxygen atoms in total. The summed E-state index contributed by atoms with van der Waals surface area (Å²) in [5, 5.41) is 25.0. The van der Waals surface area contributed by atoms with E-state index >= 15 is 0 Å². The number of rotatable bonds is 16. The molecule has 32 heavy (non-hydrogen) atoms. The predicted molar refractivity (Wildman–Crippen MR) is 119 cm³/mol. The summed E-state index contributed by atoms with van der Waals surface area (Å²) in [7, 11) is 0. The van der Waals surface area contributed by atoms with E-state index < -0.39 is 72.6 Å². The number of hydrogen-bond donors (Lipinski definition) is 8. The molecule has 0 aromatic carbocycles. The van der Waals surface area contributed by atoms with Crippen molar-refractivity contribution in [2.45, 2.75) is 49.9 Å². The molecule has 0 fully saturated rings. The molecule has 0 radical (unpaired) electrons. The number of hydrogen-bond acceptors (Lipinski definition) is 9. The first-order valence-corrected chi connectivity index (χ1v) is 11.4. The van der Waals surface area contributed by atoms with E-state index in [1.807, 2.05) is 0 Å². The molecule has 9 N–H and O–H groups in total. The minimum atomic E-state index is -1.38. The summed E-state index contributed by atoms with van der Waals surface area (Å²) in [4.78, 5) is 70.3. The fraction of sp³-hybridized carbons (Fsp3) is 0.647.